The summed E-state index contributed by atoms with van der Waals surface area (Å²) in [7, 11) is 3.52. The summed E-state index contributed by atoms with van der Waals surface area (Å²) in [6, 6.07) is 7.51. The smallest absolute Gasteiger partial charge is 0.289 e. The largest absolute Gasteiger partial charge is 0.494 e. The molecule has 0 aliphatic carbocycles. The number of amides is 1. The van der Waals surface area contributed by atoms with E-state index in [0.717, 1.165) is 11.3 Å². The molecule has 0 bridgehead atoms. The van der Waals surface area contributed by atoms with Gasteiger partial charge in [-0.25, -0.2) is 0 Å². The van der Waals surface area contributed by atoms with E-state index in [4.69, 9.17) is 10.5 Å². The summed E-state index contributed by atoms with van der Waals surface area (Å²) in [6.45, 7) is 2.85. The molecule has 0 unspecified atom stereocenters. The number of carbonyl (C=O) groups excluding carboxylic acids is 1. The van der Waals surface area contributed by atoms with E-state index >= 15 is 0 Å². The van der Waals surface area contributed by atoms with Crippen LogP contribution in [0.4, 0.5) is 11.9 Å². The van der Waals surface area contributed by atoms with Gasteiger partial charge >= 0.3 is 0 Å². The van der Waals surface area contributed by atoms with Gasteiger partial charge < -0.3 is 20.7 Å². The number of nitrogen functional groups attached to an aromatic ring is 1. The van der Waals surface area contributed by atoms with E-state index in [1.807, 2.05) is 31.2 Å². The predicted molar refractivity (Wildman–Crippen MR) is 87.3 cm³/mol. The number of aromatic nitrogens is 3. The molecule has 3 N–H and O–H groups in total. The Morgan fingerprint density at radius 2 is 2.09 bits per heavy atom. The highest BCUT2D eigenvalue weighted by Gasteiger charge is 2.13. The van der Waals surface area contributed by atoms with E-state index in [-0.39, 0.29) is 11.8 Å². The molecule has 0 aliphatic heterocycles. The first-order chi connectivity index (χ1) is 11.0. The molecule has 0 saturated carbocycles. The van der Waals surface area contributed by atoms with Crippen LogP contribution in [0.15, 0.2) is 24.3 Å². The summed E-state index contributed by atoms with van der Waals surface area (Å²) >= 11 is 0. The molecule has 0 saturated heterocycles. The lowest BCUT2D eigenvalue weighted by Gasteiger charge is -2.11. The van der Waals surface area contributed by atoms with E-state index in [9.17, 15) is 4.79 Å². The van der Waals surface area contributed by atoms with Crippen molar-refractivity contribution < 1.29 is 9.53 Å². The number of nitrogens with two attached hydrogens (primary N) is 1. The molecule has 1 aromatic carbocycles. The van der Waals surface area contributed by atoms with Crippen LogP contribution in [0, 0.1) is 0 Å². The SMILES string of the molecule is CCOc1cccc(CNC(=O)c2nc(N)nc(N(C)C)n2)c1. The van der Waals surface area contributed by atoms with Crippen molar-refractivity contribution in [2.75, 3.05) is 31.3 Å². The molecule has 0 spiro atoms. The number of hydrogen-bond donors (Lipinski definition) is 2. The lowest BCUT2D eigenvalue weighted by atomic mass is 10.2. The first-order valence-corrected chi connectivity index (χ1v) is 7.18. The van der Waals surface area contributed by atoms with Crippen LogP contribution >= 0.6 is 0 Å². The maximum atomic E-state index is 12.2. The van der Waals surface area contributed by atoms with Gasteiger partial charge in [0.05, 0.1) is 6.61 Å². The van der Waals surface area contributed by atoms with E-state index in [2.05, 4.69) is 20.3 Å². The molecule has 1 heterocycles. The third kappa shape index (κ3) is 4.53. The summed E-state index contributed by atoms with van der Waals surface area (Å²) in [5, 5.41) is 2.76. The van der Waals surface area contributed by atoms with Gasteiger partial charge in [0, 0.05) is 20.6 Å². The van der Waals surface area contributed by atoms with Gasteiger partial charge in [-0.05, 0) is 24.6 Å². The zero-order chi connectivity index (χ0) is 16.8. The molecule has 1 amide bonds. The van der Waals surface area contributed by atoms with Gasteiger partial charge in [-0.15, -0.1) is 0 Å². The predicted octanol–water partition coefficient (Wildman–Crippen LogP) is 0.848. The minimum atomic E-state index is -0.413. The summed E-state index contributed by atoms with van der Waals surface area (Å²) < 4.78 is 5.43. The van der Waals surface area contributed by atoms with E-state index < -0.39 is 5.91 Å². The molecule has 122 valence electrons. The fourth-order valence-corrected chi connectivity index (χ4v) is 1.86. The highest BCUT2D eigenvalue weighted by molar-refractivity contribution is 5.90. The van der Waals surface area contributed by atoms with Gasteiger partial charge in [0.2, 0.25) is 17.7 Å². The minimum absolute atomic E-state index is 0.00666. The topological polar surface area (TPSA) is 106 Å². The Balaban J connectivity index is 2.06. The maximum absolute atomic E-state index is 12.2. The minimum Gasteiger partial charge on any atom is -0.494 e. The summed E-state index contributed by atoms with van der Waals surface area (Å²) in [4.78, 5) is 25.7. The van der Waals surface area contributed by atoms with Gasteiger partial charge in [0.1, 0.15) is 5.75 Å². The number of carbonyl (C=O) groups is 1. The van der Waals surface area contributed by atoms with Crippen molar-refractivity contribution >= 4 is 17.8 Å². The van der Waals surface area contributed by atoms with Crippen molar-refractivity contribution in [3.63, 3.8) is 0 Å². The monoisotopic (exact) mass is 316 g/mol. The number of rotatable bonds is 6. The van der Waals surface area contributed by atoms with Crippen molar-refractivity contribution in [3.05, 3.63) is 35.7 Å². The molecule has 2 aromatic rings. The molecule has 1 aromatic heterocycles. The van der Waals surface area contributed by atoms with Gasteiger partial charge in [0.15, 0.2) is 0 Å². The summed E-state index contributed by atoms with van der Waals surface area (Å²) in [5.41, 5.74) is 6.53. The molecule has 23 heavy (non-hydrogen) atoms. The Bertz CT molecular complexity index is 689. The standard InChI is InChI=1S/C15H20N6O2/c1-4-23-11-7-5-6-10(8-11)9-17-13(22)12-18-14(16)20-15(19-12)21(2)3/h5-8H,4,9H2,1-3H3,(H,17,22)(H2,16,18,19,20). The number of benzene rings is 1. The lowest BCUT2D eigenvalue weighted by molar-refractivity contribution is 0.0940. The Labute approximate surface area is 134 Å². The van der Waals surface area contributed by atoms with Crippen molar-refractivity contribution in [2.24, 2.45) is 0 Å². The fraction of sp³-hybridized carbons (Fsp3) is 0.333. The summed E-state index contributed by atoms with van der Waals surface area (Å²) in [5.74, 6) is 0.679. The van der Waals surface area contributed by atoms with Gasteiger partial charge in [-0.2, -0.15) is 15.0 Å². The Kier molecular flexibility index (Phi) is 5.29. The normalized spacial score (nSPS) is 10.2. The number of ether oxygens (including phenoxy) is 1. The van der Waals surface area contributed by atoms with Crippen LogP contribution in [0.1, 0.15) is 23.1 Å². The van der Waals surface area contributed by atoms with Crippen LogP contribution in [0.25, 0.3) is 0 Å². The zero-order valence-electron chi connectivity index (χ0n) is 13.4. The van der Waals surface area contributed by atoms with Crippen molar-refractivity contribution in [1.82, 2.24) is 20.3 Å². The molecule has 0 aliphatic rings. The molecule has 8 heteroatoms. The Morgan fingerprint density at radius 3 is 2.78 bits per heavy atom. The second kappa shape index (κ2) is 7.39. The van der Waals surface area contributed by atoms with Crippen LogP contribution in [-0.4, -0.2) is 41.6 Å². The molecular weight excluding hydrogens is 296 g/mol. The zero-order valence-corrected chi connectivity index (χ0v) is 13.4. The molecule has 0 atom stereocenters. The lowest BCUT2D eigenvalue weighted by Crippen LogP contribution is -2.27. The molecule has 0 radical (unpaired) electrons. The summed E-state index contributed by atoms with van der Waals surface area (Å²) in [6.07, 6.45) is 0. The number of anilines is 2. The van der Waals surface area contributed by atoms with Gasteiger partial charge in [0.25, 0.3) is 5.91 Å². The van der Waals surface area contributed by atoms with E-state index in [1.54, 1.807) is 19.0 Å². The fourth-order valence-electron chi connectivity index (χ4n) is 1.86. The van der Waals surface area contributed by atoms with Crippen LogP contribution in [0.3, 0.4) is 0 Å². The van der Waals surface area contributed by atoms with Gasteiger partial charge in [-0.1, -0.05) is 12.1 Å². The van der Waals surface area contributed by atoms with E-state index in [1.165, 1.54) is 0 Å². The van der Waals surface area contributed by atoms with Crippen LogP contribution in [0.5, 0.6) is 5.75 Å². The first kappa shape index (κ1) is 16.5. The second-order valence-corrected chi connectivity index (χ2v) is 4.97. The van der Waals surface area contributed by atoms with Crippen LogP contribution < -0.4 is 20.7 Å². The van der Waals surface area contributed by atoms with Gasteiger partial charge in [-0.3, -0.25) is 4.79 Å². The quantitative estimate of drug-likeness (QED) is 0.813. The highest BCUT2D eigenvalue weighted by Crippen LogP contribution is 2.13. The van der Waals surface area contributed by atoms with Crippen molar-refractivity contribution in [1.29, 1.82) is 0 Å². The highest BCUT2D eigenvalue weighted by atomic mass is 16.5. The molecule has 8 nitrogen and oxygen atoms in total. The van der Waals surface area contributed by atoms with Crippen molar-refractivity contribution in [3.8, 4) is 5.75 Å². The maximum Gasteiger partial charge on any atom is 0.289 e. The molecule has 2 rings (SSSR count). The number of nitrogens with zero attached hydrogens (tertiary/aromatic N) is 4. The average Bonchev–Trinajstić information content (AvgIpc) is 2.52. The number of hydrogen-bond acceptors (Lipinski definition) is 7. The second-order valence-electron chi connectivity index (χ2n) is 4.97. The first-order valence-electron chi connectivity index (χ1n) is 7.18. The van der Waals surface area contributed by atoms with Crippen molar-refractivity contribution in [2.45, 2.75) is 13.5 Å². The Hall–Kier alpha value is -2.90. The average molecular weight is 316 g/mol. The number of nitrogens with one attached hydrogen (secondary N) is 1. The third-order valence-corrected chi connectivity index (χ3v) is 2.91. The third-order valence-electron chi connectivity index (χ3n) is 2.91. The van der Waals surface area contributed by atoms with Crippen LogP contribution in [-0.2, 0) is 6.54 Å². The molecular formula is C15H20N6O2. The van der Waals surface area contributed by atoms with Crippen LogP contribution in [0.2, 0.25) is 0 Å². The van der Waals surface area contributed by atoms with E-state index in [0.29, 0.717) is 19.1 Å². The molecule has 0 fully saturated rings. The Morgan fingerprint density at radius 1 is 1.30 bits per heavy atom.